The maximum absolute atomic E-state index is 9.69. The van der Waals surface area contributed by atoms with E-state index < -0.39 is 0 Å². The molecule has 4 nitrogen and oxygen atoms in total. The summed E-state index contributed by atoms with van der Waals surface area (Å²) in [5.41, 5.74) is 0.800. The topological polar surface area (TPSA) is 50.7 Å². The Bertz CT molecular complexity index is 326. The average molecular weight is 211 g/mol. The van der Waals surface area contributed by atoms with Crippen LogP contribution in [0.2, 0.25) is 0 Å². The van der Waals surface area contributed by atoms with Gasteiger partial charge < -0.3 is 19.9 Å². The average Bonchev–Trinajstić information content (AvgIpc) is 2.27. The summed E-state index contributed by atoms with van der Waals surface area (Å²) in [6.07, 6.45) is 0. The van der Waals surface area contributed by atoms with Crippen LogP contribution in [0.1, 0.15) is 12.5 Å². The molecule has 0 fully saturated rings. The van der Waals surface area contributed by atoms with E-state index in [2.05, 4.69) is 5.32 Å². The van der Waals surface area contributed by atoms with Crippen LogP contribution < -0.4 is 14.8 Å². The lowest BCUT2D eigenvalue weighted by Gasteiger charge is -2.11. The smallest absolute Gasteiger partial charge is 0.164 e. The van der Waals surface area contributed by atoms with Crippen molar-refractivity contribution < 1.29 is 14.6 Å². The van der Waals surface area contributed by atoms with Crippen LogP contribution in [0, 0.1) is 0 Å². The number of hydrogen-bond donors (Lipinski definition) is 2. The third-order valence-corrected chi connectivity index (χ3v) is 2.15. The Morgan fingerprint density at radius 3 is 2.33 bits per heavy atom. The molecule has 0 amide bonds. The normalized spacial score (nSPS) is 10.1. The highest BCUT2D eigenvalue weighted by atomic mass is 16.5. The molecule has 0 atom stereocenters. The summed E-state index contributed by atoms with van der Waals surface area (Å²) in [6.45, 7) is 3.48. The molecule has 0 unspecified atom stereocenters. The monoisotopic (exact) mass is 211 g/mol. The van der Waals surface area contributed by atoms with Gasteiger partial charge in [-0.1, -0.05) is 6.92 Å². The minimum absolute atomic E-state index is 0.216. The van der Waals surface area contributed by atoms with Gasteiger partial charge in [0, 0.05) is 18.2 Å². The van der Waals surface area contributed by atoms with Gasteiger partial charge in [-0.2, -0.15) is 0 Å². The van der Waals surface area contributed by atoms with Crippen LogP contribution in [-0.2, 0) is 6.54 Å². The van der Waals surface area contributed by atoms with Crippen LogP contribution in [0.5, 0.6) is 17.2 Å². The van der Waals surface area contributed by atoms with Gasteiger partial charge in [-0.05, 0) is 12.6 Å². The van der Waals surface area contributed by atoms with Crippen molar-refractivity contribution in [2.75, 3.05) is 20.8 Å². The Hall–Kier alpha value is -1.42. The number of methoxy groups -OCH3 is 2. The number of benzene rings is 1. The number of phenols is 1. The van der Waals surface area contributed by atoms with E-state index in [1.807, 2.05) is 6.92 Å². The molecular formula is C11H17NO3. The summed E-state index contributed by atoms with van der Waals surface area (Å²) in [5.74, 6) is 1.38. The van der Waals surface area contributed by atoms with Crippen LogP contribution in [-0.4, -0.2) is 25.9 Å². The Kier molecular flexibility index (Phi) is 4.24. The lowest BCUT2D eigenvalue weighted by atomic mass is 10.1. The van der Waals surface area contributed by atoms with Crippen molar-refractivity contribution in [3.05, 3.63) is 17.7 Å². The highest BCUT2D eigenvalue weighted by molar-refractivity contribution is 5.50. The fourth-order valence-corrected chi connectivity index (χ4v) is 1.31. The van der Waals surface area contributed by atoms with Crippen LogP contribution in [0.3, 0.4) is 0 Å². The van der Waals surface area contributed by atoms with E-state index in [0.29, 0.717) is 18.0 Å². The first kappa shape index (κ1) is 11.7. The zero-order valence-electron chi connectivity index (χ0n) is 9.33. The molecule has 0 aromatic heterocycles. The molecule has 0 radical (unpaired) electrons. The van der Waals surface area contributed by atoms with Gasteiger partial charge in [0.05, 0.1) is 14.2 Å². The first-order chi connectivity index (χ1) is 7.22. The Labute approximate surface area is 89.8 Å². The molecule has 0 saturated heterocycles. The summed E-state index contributed by atoms with van der Waals surface area (Å²) in [7, 11) is 3.12. The van der Waals surface area contributed by atoms with Crippen molar-refractivity contribution >= 4 is 0 Å². The summed E-state index contributed by atoms with van der Waals surface area (Å²) < 4.78 is 10.2. The molecular weight excluding hydrogens is 194 g/mol. The van der Waals surface area contributed by atoms with E-state index in [0.717, 1.165) is 12.1 Å². The molecule has 1 rings (SSSR count). The van der Waals surface area contributed by atoms with Crippen LogP contribution in [0.15, 0.2) is 12.1 Å². The second-order valence-electron chi connectivity index (χ2n) is 3.12. The van der Waals surface area contributed by atoms with Crippen molar-refractivity contribution in [3.63, 3.8) is 0 Å². The molecule has 4 heteroatoms. The van der Waals surface area contributed by atoms with Gasteiger partial charge in [0.1, 0.15) is 5.75 Å². The number of rotatable bonds is 5. The fraction of sp³-hybridized carbons (Fsp3) is 0.455. The minimum Gasteiger partial charge on any atom is -0.507 e. The number of aromatic hydroxyl groups is 1. The summed E-state index contributed by atoms with van der Waals surface area (Å²) in [5, 5.41) is 12.8. The molecule has 0 saturated carbocycles. The van der Waals surface area contributed by atoms with Gasteiger partial charge >= 0.3 is 0 Å². The molecule has 1 aromatic rings. The van der Waals surface area contributed by atoms with Crippen molar-refractivity contribution in [2.45, 2.75) is 13.5 Å². The predicted molar refractivity (Wildman–Crippen MR) is 58.6 cm³/mol. The molecule has 84 valence electrons. The van der Waals surface area contributed by atoms with E-state index in [-0.39, 0.29) is 5.75 Å². The van der Waals surface area contributed by atoms with Crippen molar-refractivity contribution in [3.8, 4) is 17.2 Å². The molecule has 0 bridgehead atoms. The molecule has 0 aliphatic rings. The first-order valence-corrected chi connectivity index (χ1v) is 4.87. The molecule has 2 N–H and O–H groups in total. The lowest BCUT2D eigenvalue weighted by Crippen LogP contribution is -2.12. The highest BCUT2D eigenvalue weighted by Crippen LogP contribution is 2.33. The first-order valence-electron chi connectivity index (χ1n) is 4.87. The lowest BCUT2D eigenvalue weighted by molar-refractivity contribution is 0.350. The van der Waals surface area contributed by atoms with Gasteiger partial charge in [0.15, 0.2) is 11.5 Å². The standard InChI is InChI=1S/C11H17NO3/c1-4-12-7-8-5-10(14-2)11(15-3)6-9(8)13/h5-6,12-13H,4,7H2,1-3H3. The maximum atomic E-state index is 9.69. The van der Waals surface area contributed by atoms with Crippen LogP contribution in [0.25, 0.3) is 0 Å². The summed E-state index contributed by atoms with van der Waals surface area (Å²) >= 11 is 0. The van der Waals surface area contributed by atoms with Gasteiger partial charge in [-0.3, -0.25) is 0 Å². The third-order valence-electron chi connectivity index (χ3n) is 2.15. The second-order valence-corrected chi connectivity index (χ2v) is 3.12. The third kappa shape index (κ3) is 2.76. The number of nitrogens with one attached hydrogen (secondary N) is 1. The predicted octanol–water partition coefficient (Wildman–Crippen LogP) is 1.52. The van der Waals surface area contributed by atoms with E-state index in [1.165, 1.54) is 0 Å². The van der Waals surface area contributed by atoms with Crippen molar-refractivity contribution in [1.82, 2.24) is 5.32 Å². The van der Waals surface area contributed by atoms with E-state index in [9.17, 15) is 5.11 Å². The zero-order chi connectivity index (χ0) is 11.3. The van der Waals surface area contributed by atoms with Crippen molar-refractivity contribution in [2.24, 2.45) is 0 Å². The minimum atomic E-state index is 0.216. The number of hydrogen-bond acceptors (Lipinski definition) is 4. The Morgan fingerprint density at radius 1 is 1.20 bits per heavy atom. The molecule has 0 spiro atoms. The van der Waals surface area contributed by atoms with E-state index in [1.54, 1.807) is 26.4 Å². The quantitative estimate of drug-likeness (QED) is 0.775. The highest BCUT2D eigenvalue weighted by Gasteiger charge is 2.09. The fourth-order valence-electron chi connectivity index (χ4n) is 1.31. The van der Waals surface area contributed by atoms with Gasteiger partial charge in [-0.25, -0.2) is 0 Å². The Balaban J connectivity index is 2.97. The van der Waals surface area contributed by atoms with Crippen LogP contribution in [0.4, 0.5) is 0 Å². The molecule has 0 aliphatic carbocycles. The maximum Gasteiger partial charge on any atom is 0.164 e. The molecule has 1 aromatic carbocycles. The zero-order valence-corrected chi connectivity index (χ0v) is 9.33. The number of ether oxygens (including phenoxy) is 2. The molecule has 0 aliphatic heterocycles. The van der Waals surface area contributed by atoms with E-state index in [4.69, 9.17) is 9.47 Å². The van der Waals surface area contributed by atoms with Gasteiger partial charge in [-0.15, -0.1) is 0 Å². The summed E-state index contributed by atoms with van der Waals surface area (Å²) in [6, 6.07) is 3.34. The molecule has 15 heavy (non-hydrogen) atoms. The van der Waals surface area contributed by atoms with Gasteiger partial charge in [0.25, 0.3) is 0 Å². The van der Waals surface area contributed by atoms with Crippen LogP contribution >= 0.6 is 0 Å². The van der Waals surface area contributed by atoms with Crippen molar-refractivity contribution in [1.29, 1.82) is 0 Å². The molecule has 0 heterocycles. The van der Waals surface area contributed by atoms with E-state index >= 15 is 0 Å². The SMILES string of the molecule is CCNCc1cc(OC)c(OC)cc1O. The van der Waals surface area contributed by atoms with Gasteiger partial charge in [0.2, 0.25) is 0 Å². The Morgan fingerprint density at radius 2 is 1.80 bits per heavy atom. The second kappa shape index (κ2) is 5.46. The largest absolute Gasteiger partial charge is 0.507 e. The summed E-state index contributed by atoms with van der Waals surface area (Å²) in [4.78, 5) is 0. The number of phenolic OH excluding ortho intramolecular Hbond substituents is 1.